The van der Waals surface area contributed by atoms with Crippen molar-refractivity contribution in [1.29, 1.82) is 0 Å². The molecule has 0 spiro atoms. The monoisotopic (exact) mass is 368 g/mol. The zero-order valence-corrected chi connectivity index (χ0v) is 16.4. The van der Waals surface area contributed by atoms with Gasteiger partial charge in [-0.3, -0.25) is 9.69 Å². The molecule has 0 aromatic heterocycles. The van der Waals surface area contributed by atoms with E-state index in [0.717, 1.165) is 37.6 Å². The van der Waals surface area contributed by atoms with Gasteiger partial charge in [0.15, 0.2) is 11.5 Å². The smallest absolute Gasteiger partial charge is 0.221 e. The van der Waals surface area contributed by atoms with E-state index in [9.17, 15) is 4.79 Å². The molecule has 2 aromatic carbocycles. The third-order valence-corrected chi connectivity index (χ3v) is 5.19. The van der Waals surface area contributed by atoms with Gasteiger partial charge in [0.1, 0.15) is 0 Å². The Morgan fingerprint density at radius 3 is 2.52 bits per heavy atom. The first-order valence-electron chi connectivity index (χ1n) is 9.38. The summed E-state index contributed by atoms with van der Waals surface area (Å²) in [6.07, 6.45) is 1.47. The zero-order chi connectivity index (χ0) is 19.2. The van der Waals surface area contributed by atoms with E-state index in [1.54, 1.807) is 14.2 Å². The number of ether oxygens (including phenoxy) is 2. The fourth-order valence-electron chi connectivity index (χ4n) is 3.48. The summed E-state index contributed by atoms with van der Waals surface area (Å²) in [6, 6.07) is 12.3. The van der Waals surface area contributed by atoms with Crippen LogP contribution in [0.4, 0.5) is 0 Å². The van der Waals surface area contributed by atoms with E-state index < -0.39 is 0 Å². The van der Waals surface area contributed by atoms with Crippen LogP contribution in [-0.4, -0.2) is 38.1 Å². The Morgan fingerprint density at radius 2 is 1.81 bits per heavy atom. The number of rotatable bonds is 7. The average Bonchev–Trinajstić information content (AvgIpc) is 2.70. The van der Waals surface area contributed by atoms with Gasteiger partial charge in [-0.05, 0) is 47.7 Å². The molecule has 2 aromatic rings. The molecule has 0 aliphatic carbocycles. The maximum absolute atomic E-state index is 12.2. The quantitative estimate of drug-likeness (QED) is 0.816. The number of hydrogen-bond donors (Lipinski definition) is 1. The molecule has 0 atom stereocenters. The van der Waals surface area contributed by atoms with Crippen LogP contribution in [0.1, 0.15) is 28.7 Å². The van der Waals surface area contributed by atoms with Gasteiger partial charge >= 0.3 is 0 Å². The minimum Gasteiger partial charge on any atom is -0.493 e. The van der Waals surface area contributed by atoms with Crippen molar-refractivity contribution < 1.29 is 14.3 Å². The van der Waals surface area contributed by atoms with E-state index in [2.05, 4.69) is 41.4 Å². The molecule has 1 heterocycles. The van der Waals surface area contributed by atoms with Crippen molar-refractivity contribution in [2.24, 2.45) is 0 Å². The molecule has 0 radical (unpaired) electrons. The maximum atomic E-state index is 12.2. The lowest BCUT2D eigenvalue weighted by Gasteiger charge is -2.29. The van der Waals surface area contributed by atoms with Gasteiger partial charge in [-0.1, -0.05) is 24.3 Å². The Bertz CT molecular complexity index is 804. The third-order valence-electron chi connectivity index (χ3n) is 5.19. The van der Waals surface area contributed by atoms with Crippen molar-refractivity contribution in [2.45, 2.75) is 32.9 Å². The topological polar surface area (TPSA) is 50.8 Å². The molecule has 144 valence electrons. The highest BCUT2D eigenvalue weighted by Crippen LogP contribution is 2.33. The summed E-state index contributed by atoms with van der Waals surface area (Å²) >= 11 is 0. The van der Waals surface area contributed by atoms with Crippen LogP contribution in [-0.2, 0) is 24.3 Å². The predicted octanol–water partition coefficient (Wildman–Crippen LogP) is 3.08. The number of methoxy groups -OCH3 is 2. The molecule has 0 unspecified atom stereocenters. The van der Waals surface area contributed by atoms with Gasteiger partial charge in [-0.15, -0.1) is 0 Å². The fraction of sp³-hybridized carbons (Fsp3) is 0.409. The highest BCUT2D eigenvalue weighted by atomic mass is 16.5. The van der Waals surface area contributed by atoms with Crippen molar-refractivity contribution in [2.75, 3.05) is 27.3 Å². The van der Waals surface area contributed by atoms with Crippen LogP contribution in [0.2, 0.25) is 0 Å². The van der Waals surface area contributed by atoms with Gasteiger partial charge in [0.25, 0.3) is 0 Å². The van der Waals surface area contributed by atoms with Crippen molar-refractivity contribution in [3.63, 3.8) is 0 Å². The summed E-state index contributed by atoms with van der Waals surface area (Å²) in [4.78, 5) is 14.5. The second-order valence-corrected chi connectivity index (χ2v) is 6.96. The van der Waals surface area contributed by atoms with Crippen molar-refractivity contribution in [1.82, 2.24) is 10.2 Å². The molecular formula is C22H28N2O3. The summed E-state index contributed by atoms with van der Waals surface area (Å²) in [7, 11) is 3.32. The summed E-state index contributed by atoms with van der Waals surface area (Å²) in [5, 5.41) is 3.03. The molecule has 5 heteroatoms. The first-order valence-corrected chi connectivity index (χ1v) is 9.38. The maximum Gasteiger partial charge on any atom is 0.221 e. The fourth-order valence-corrected chi connectivity index (χ4v) is 3.48. The average molecular weight is 368 g/mol. The van der Waals surface area contributed by atoms with Crippen molar-refractivity contribution in [3.8, 4) is 11.5 Å². The first kappa shape index (κ1) is 19.2. The first-order chi connectivity index (χ1) is 13.1. The Morgan fingerprint density at radius 1 is 1.11 bits per heavy atom. The molecule has 0 saturated heterocycles. The number of nitrogens with zero attached hydrogens (tertiary/aromatic N) is 1. The van der Waals surface area contributed by atoms with Gasteiger partial charge in [0, 0.05) is 32.6 Å². The second kappa shape index (κ2) is 8.91. The van der Waals surface area contributed by atoms with Crippen molar-refractivity contribution >= 4 is 5.91 Å². The lowest BCUT2D eigenvalue weighted by atomic mass is 9.98. The standard InChI is InChI=1S/C22H28N2O3/c1-16-6-4-5-7-18(16)14-23-22(25)9-11-24-10-8-17-12-20(26-2)21(27-3)13-19(17)15-24/h4-7,12-13H,8-11,14-15H2,1-3H3,(H,23,25). The molecule has 1 aliphatic rings. The van der Waals surface area contributed by atoms with E-state index in [-0.39, 0.29) is 5.91 Å². The number of carbonyl (C=O) groups excluding carboxylic acids is 1. The normalized spacial score (nSPS) is 13.7. The molecule has 0 fully saturated rings. The van der Waals surface area contributed by atoms with E-state index in [1.807, 2.05) is 12.1 Å². The number of nitrogens with one attached hydrogen (secondary N) is 1. The molecule has 27 heavy (non-hydrogen) atoms. The Balaban J connectivity index is 1.51. The Labute approximate surface area is 161 Å². The van der Waals surface area contributed by atoms with Crippen LogP contribution in [0.25, 0.3) is 0 Å². The zero-order valence-electron chi connectivity index (χ0n) is 16.4. The van der Waals surface area contributed by atoms with E-state index in [1.165, 1.54) is 22.3 Å². The highest BCUT2D eigenvalue weighted by Gasteiger charge is 2.19. The summed E-state index contributed by atoms with van der Waals surface area (Å²) in [5.74, 6) is 1.63. The number of hydrogen-bond acceptors (Lipinski definition) is 4. The summed E-state index contributed by atoms with van der Waals surface area (Å²) in [5.41, 5.74) is 4.92. The molecule has 5 nitrogen and oxygen atoms in total. The molecule has 1 aliphatic heterocycles. The number of amides is 1. The van der Waals surface area contributed by atoms with Gasteiger partial charge in [0.2, 0.25) is 5.91 Å². The van der Waals surface area contributed by atoms with Crippen molar-refractivity contribution in [3.05, 3.63) is 58.7 Å². The van der Waals surface area contributed by atoms with Gasteiger partial charge in [-0.25, -0.2) is 0 Å². The Kier molecular flexibility index (Phi) is 6.35. The molecule has 0 bridgehead atoms. The summed E-state index contributed by atoms with van der Waals surface area (Å²) in [6.45, 7) is 5.20. The molecule has 1 amide bonds. The molecule has 1 N–H and O–H groups in total. The van der Waals surface area contributed by atoms with Crippen LogP contribution < -0.4 is 14.8 Å². The Hall–Kier alpha value is -2.53. The number of benzene rings is 2. The van der Waals surface area contributed by atoms with E-state index in [4.69, 9.17) is 9.47 Å². The predicted molar refractivity (Wildman–Crippen MR) is 106 cm³/mol. The van der Waals surface area contributed by atoms with Crippen LogP contribution in [0.5, 0.6) is 11.5 Å². The lowest BCUT2D eigenvalue weighted by molar-refractivity contribution is -0.121. The third kappa shape index (κ3) is 4.80. The highest BCUT2D eigenvalue weighted by molar-refractivity contribution is 5.76. The second-order valence-electron chi connectivity index (χ2n) is 6.96. The number of carbonyl (C=O) groups is 1. The number of fused-ring (bicyclic) bond motifs is 1. The minimum atomic E-state index is 0.0939. The SMILES string of the molecule is COc1cc2c(cc1OC)CN(CCC(=O)NCc1ccccc1C)CC2. The van der Waals surface area contributed by atoms with Crippen LogP contribution in [0.3, 0.4) is 0 Å². The number of aryl methyl sites for hydroxylation is 1. The minimum absolute atomic E-state index is 0.0939. The molecular weight excluding hydrogens is 340 g/mol. The van der Waals surface area contributed by atoms with Gasteiger partial charge in [0.05, 0.1) is 14.2 Å². The molecule has 0 saturated carbocycles. The van der Waals surface area contributed by atoms with Crippen LogP contribution in [0.15, 0.2) is 36.4 Å². The lowest BCUT2D eigenvalue weighted by Crippen LogP contribution is -2.34. The van der Waals surface area contributed by atoms with Crippen LogP contribution >= 0.6 is 0 Å². The van der Waals surface area contributed by atoms with Gasteiger partial charge < -0.3 is 14.8 Å². The van der Waals surface area contributed by atoms with Gasteiger partial charge in [-0.2, -0.15) is 0 Å². The van der Waals surface area contributed by atoms with E-state index >= 15 is 0 Å². The summed E-state index contributed by atoms with van der Waals surface area (Å²) < 4.78 is 10.8. The molecule has 3 rings (SSSR count). The van der Waals surface area contributed by atoms with E-state index in [0.29, 0.717) is 13.0 Å². The largest absolute Gasteiger partial charge is 0.493 e. The van der Waals surface area contributed by atoms with Crippen LogP contribution in [0, 0.1) is 6.92 Å².